The van der Waals surface area contributed by atoms with Crippen molar-refractivity contribution in [2.24, 2.45) is 13.0 Å². The third-order valence-electron chi connectivity index (χ3n) is 8.62. The molecule has 1 N–H and O–H groups in total. The number of amides is 1. The number of anilines is 2. The van der Waals surface area contributed by atoms with Crippen LogP contribution in [0.15, 0.2) is 67.8 Å². The molecule has 3 aromatic heterocycles. The van der Waals surface area contributed by atoms with Crippen LogP contribution in [0.4, 0.5) is 15.9 Å². The molecule has 1 amide bonds. The van der Waals surface area contributed by atoms with Gasteiger partial charge in [-0.2, -0.15) is 0 Å². The van der Waals surface area contributed by atoms with E-state index in [4.69, 9.17) is 9.72 Å². The maximum absolute atomic E-state index is 15.4. The second-order valence-corrected chi connectivity index (χ2v) is 11.2. The van der Waals surface area contributed by atoms with Gasteiger partial charge >= 0.3 is 0 Å². The Morgan fingerprint density at radius 3 is 2.86 bits per heavy atom. The predicted molar refractivity (Wildman–Crippen MR) is 158 cm³/mol. The molecule has 1 saturated heterocycles. The Morgan fingerprint density at radius 1 is 1.12 bits per heavy atom. The number of likely N-dealkylation sites (tertiary alicyclic amines) is 1. The lowest BCUT2D eigenvalue weighted by Crippen LogP contribution is -2.34. The Labute approximate surface area is 242 Å². The number of aryl methyl sites for hydroxylation is 2. The molecule has 212 valence electrons. The third kappa shape index (κ3) is 4.52. The minimum absolute atomic E-state index is 0.00230. The van der Waals surface area contributed by atoms with Gasteiger partial charge in [0.05, 0.1) is 28.6 Å². The fourth-order valence-electron chi connectivity index (χ4n) is 6.47. The molecule has 0 bridgehead atoms. The lowest BCUT2D eigenvalue weighted by atomic mass is 9.99. The van der Waals surface area contributed by atoms with Crippen molar-refractivity contribution in [3.05, 3.63) is 84.8 Å². The number of ether oxygens (including phenoxy) is 1. The number of aromatic nitrogens is 5. The van der Waals surface area contributed by atoms with Crippen LogP contribution in [0, 0.1) is 18.7 Å². The summed E-state index contributed by atoms with van der Waals surface area (Å²) in [7, 11) is 1.93. The van der Waals surface area contributed by atoms with Crippen LogP contribution >= 0.6 is 0 Å². The van der Waals surface area contributed by atoms with Crippen molar-refractivity contribution in [2.75, 3.05) is 11.9 Å². The van der Waals surface area contributed by atoms with E-state index in [1.54, 1.807) is 12.4 Å². The van der Waals surface area contributed by atoms with E-state index in [2.05, 4.69) is 26.8 Å². The second kappa shape index (κ2) is 10.2. The van der Waals surface area contributed by atoms with Crippen LogP contribution in [0.5, 0.6) is 11.5 Å². The molecule has 2 aliphatic rings. The first-order chi connectivity index (χ1) is 20.4. The van der Waals surface area contributed by atoms with Crippen molar-refractivity contribution < 1.29 is 13.9 Å². The number of hydrogen-bond acceptors (Lipinski definition) is 7. The van der Waals surface area contributed by atoms with Gasteiger partial charge in [-0.05, 0) is 74.1 Å². The first-order valence-electron chi connectivity index (χ1n) is 14.1. The first kappa shape index (κ1) is 26.1. The zero-order valence-electron chi connectivity index (χ0n) is 23.4. The van der Waals surface area contributed by atoms with Crippen LogP contribution in [0.1, 0.15) is 36.4 Å². The van der Waals surface area contributed by atoms with Gasteiger partial charge in [-0.3, -0.25) is 4.79 Å². The van der Waals surface area contributed by atoms with Gasteiger partial charge in [-0.1, -0.05) is 6.58 Å². The van der Waals surface area contributed by atoms with Crippen LogP contribution < -0.4 is 10.1 Å². The van der Waals surface area contributed by atoms with Gasteiger partial charge in [0.25, 0.3) is 0 Å². The monoisotopic (exact) mass is 563 g/mol. The minimum atomic E-state index is -0.479. The number of hydrogen-bond donors (Lipinski definition) is 1. The average Bonchev–Trinajstić information content (AvgIpc) is 3.70. The molecule has 1 saturated carbocycles. The Hall–Kier alpha value is -4.86. The molecule has 1 aliphatic heterocycles. The summed E-state index contributed by atoms with van der Waals surface area (Å²) in [4.78, 5) is 32.4. The molecular formula is C32H30FN7O2. The van der Waals surface area contributed by atoms with Crippen LogP contribution in [0.25, 0.3) is 22.1 Å². The van der Waals surface area contributed by atoms with Gasteiger partial charge in [0.1, 0.15) is 29.2 Å². The minimum Gasteiger partial charge on any atom is -0.457 e. The number of nitrogens with zero attached hydrogens (tertiary/aromatic N) is 6. The highest BCUT2D eigenvalue weighted by Crippen LogP contribution is 2.46. The van der Waals surface area contributed by atoms with E-state index in [0.29, 0.717) is 34.3 Å². The number of rotatable bonds is 6. The van der Waals surface area contributed by atoms with Crippen molar-refractivity contribution in [2.45, 2.75) is 38.1 Å². The molecule has 10 heteroatoms. The van der Waals surface area contributed by atoms with E-state index in [9.17, 15) is 4.79 Å². The lowest BCUT2D eigenvalue weighted by molar-refractivity contribution is -0.126. The van der Waals surface area contributed by atoms with Crippen molar-refractivity contribution in [1.29, 1.82) is 0 Å². The molecule has 7 rings (SSSR count). The molecule has 3 unspecified atom stereocenters. The summed E-state index contributed by atoms with van der Waals surface area (Å²) < 4.78 is 23.4. The number of pyridine rings is 1. The zero-order valence-corrected chi connectivity index (χ0v) is 23.4. The zero-order chi connectivity index (χ0) is 29.0. The molecule has 1 aliphatic carbocycles. The molecule has 5 aromatic rings. The van der Waals surface area contributed by atoms with E-state index >= 15 is 4.39 Å². The van der Waals surface area contributed by atoms with Crippen LogP contribution in [-0.2, 0) is 11.8 Å². The lowest BCUT2D eigenvalue weighted by Gasteiger charge is -2.23. The quantitative estimate of drug-likeness (QED) is 0.247. The number of fused-ring (bicyclic) bond motifs is 3. The van der Waals surface area contributed by atoms with Crippen LogP contribution in [0.3, 0.4) is 0 Å². The summed E-state index contributed by atoms with van der Waals surface area (Å²) in [6, 6.07) is 12.8. The van der Waals surface area contributed by atoms with E-state index in [1.807, 2.05) is 53.8 Å². The summed E-state index contributed by atoms with van der Waals surface area (Å²) in [5, 5.41) is 3.14. The van der Waals surface area contributed by atoms with Gasteiger partial charge in [0, 0.05) is 43.4 Å². The number of carbonyl (C=O) groups excluding carboxylic acids is 1. The second-order valence-electron chi connectivity index (χ2n) is 11.2. The largest absolute Gasteiger partial charge is 0.457 e. The predicted octanol–water partition coefficient (Wildman–Crippen LogP) is 6.18. The summed E-state index contributed by atoms with van der Waals surface area (Å²) in [6.07, 6.45) is 7.43. The van der Waals surface area contributed by atoms with E-state index in [-0.39, 0.29) is 23.6 Å². The molecule has 0 spiro atoms. The summed E-state index contributed by atoms with van der Waals surface area (Å²) in [5.41, 5.74) is 4.99. The highest BCUT2D eigenvalue weighted by Gasteiger charge is 2.44. The molecule has 3 atom stereocenters. The van der Waals surface area contributed by atoms with Gasteiger partial charge in [-0.15, -0.1) is 0 Å². The Balaban J connectivity index is 1.14. The average molecular weight is 564 g/mol. The summed E-state index contributed by atoms with van der Waals surface area (Å²) >= 11 is 0. The van der Waals surface area contributed by atoms with Crippen molar-refractivity contribution in [3.8, 4) is 11.5 Å². The van der Waals surface area contributed by atoms with Crippen molar-refractivity contribution in [1.82, 2.24) is 29.4 Å². The first-order valence-corrected chi connectivity index (χ1v) is 14.1. The van der Waals surface area contributed by atoms with E-state index in [0.717, 1.165) is 48.1 Å². The van der Waals surface area contributed by atoms with Crippen LogP contribution in [-0.4, -0.2) is 47.9 Å². The maximum Gasteiger partial charge on any atom is 0.246 e. The molecule has 0 radical (unpaired) electrons. The number of nitrogens with one attached hydrogen (secondary N) is 1. The summed E-state index contributed by atoms with van der Waals surface area (Å²) in [5.74, 6) is 1.62. The fourth-order valence-corrected chi connectivity index (χ4v) is 6.47. The standard InChI is InChI=1S/C32H30FN7O2/c1-4-30(41)40-10-9-19-12-20(13-28(19)40)23-6-7-24-31(37-23)32(35-16-34-24)38-25-11-18(2)29(15-22(25)33)42-21-5-8-27-26(14-21)36-17-39(27)3/h4-8,11,14-17,19-20,28H,1,9-10,12-13H2,2-3H3,(H,34,35,38). The topological polar surface area (TPSA) is 98.1 Å². The van der Waals surface area contributed by atoms with Gasteiger partial charge in [0.15, 0.2) is 5.82 Å². The Morgan fingerprint density at radius 2 is 2.00 bits per heavy atom. The summed E-state index contributed by atoms with van der Waals surface area (Å²) in [6.45, 7) is 6.31. The number of imidazole rings is 1. The normalized spacial score (nSPS) is 19.8. The van der Waals surface area contributed by atoms with E-state index in [1.165, 1.54) is 18.5 Å². The Bertz CT molecular complexity index is 1870. The highest BCUT2D eigenvalue weighted by molar-refractivity contribution is 5.88. The van der Waals surface area contributed by atoms with Crippen molar-refractivity contribution >= 4 is 39.5 Å². The van der Waals surface area contributed by atoms with Gasteiger partial charge < -0.3 is 19.5 Å². The number of benzene rings is 2. The molecule has 42 heavy (non-hydrogen) atoms. The third-order valence-corrected chi connectivity index (χ3v) is 8.62. The van der Waals surface area contributed by atoms with E-state index < -0.39 is 5.82 Å². The SMILES string of the molecule is C=CC(=O)N1CCC2CC(c3ccc4ncnc(Nc5cc(C)c(Oc6ccc7c(c6)ncn7C)cc5F)c4n3)CC21. The number of halogens is 1. The molecule has 2 fully saturated rings. The molecule has 2 aromatic carbocycles. The van der Waals surface area contributed by atoms with Crippen LogP contribution in [0.2, 0.25) is 0 Å². The highest BCUT2D eigenvalue weighted by atomic mass is 19.1. The van der Waals surface area contributed by atoms with Crippen molar-refractivity contribution in [3.63, 3.8) is 0 Å². The smallest absolute Gasteiger partial charge is 0.246 e. The molecule has 4 heterocycles. The van der Waals surface area contributed by atoms with Gasteiger partial charge in [-0.25, -0.2) is 24.3 Å². The Kier molecular flexibility index (Phi) is 6.33. The molecule has 9 nitrogen and oxygen atoms in total. The number of carbonyl (C=O) groups is 1. The fraction of sp³-hybridized carbons (Fsp3) is 0.281. The molecular weight excluding hydrogens is 533 g/mol. The van der Waals surface area contributed by atoms with Gasteiger partial charge in [0.2, 0.25) is 5.91 Å². The maximum atomic E-state index is 15.4.